The number of hydrogen-bond donors (Lipinski definition) is 1. The van der Waals surface area contributed by atoms with Crippen molar-refractivity contribution in [2.75, 3.05) is 10.8 Å². The third kappa shape index (κ3) is 4.67. The molecule has 0 aliphatic heterocycles. The number of amides is 1. The summed E-state index contributed by atoms with van der Waals surface area (Å²) in [6.45, 7) is 1.49. The Kier molecular flexibility index (Phi) is 6.28. The second-order valence-corrected chi connectivity index (χ2v) is 9.83. The molecule has 1 amide bonds. The van der Waals surface area contributed by atoms with Gasteiger partial charge in [0.25, 0.3) is 10.0 Å². The number of carbonyl (C=O) groups excluding carboxylic acids is 1. The first-order valence-corrected chi connectivity index (χ1v) is 12.0. The van der Waals surface area contributed by atoms with Crippen LogP contribution >= 0.6 is 0 Å². The molecule has 3 aromatic carbocycles. The lowest BCUT2D eigenvalue weighted by atomic mass is 10.0. The van der Waals surface area contributed by atoms with Crippen molar-refractivity contribution in [1.82, 2.24) is 5.32 Å². The van der Waals surface area contributed by atoms with Crippen molar-refractivity contribution in [3.05, 3.63) is 95.3 Å². The minimum atomic E-state index is -4.07. The average molecular weight is 453 g/mol. The second kappa shape index (κ2) is 9.12. The Bertz CT molecular complexity index is 1210. The van der Waals surface area contributed by atoms with Gasteiger partial charge in [-0.2, -0.15) is 0 Å². The molecule has 1 aliphatic carbocycles. The van der Waals surface area contributed by atoms with E-state index in [1.165, 1.54) is 23.3 Å². The van der Waals surface area contributed by atoms with Crippen LogP contribution in [0.4, 0.5) is 10.1 Å². The highest BCUT2D eigenvalue weighted by Gasteiger charge is 2.28. The summed E-state index contributed by atoms with van der Waals surface area (Å²) in [5.74, 6) is -0.955. The first kappa shape index (κ1) is 22.0. The molecular formula is C25H25FN2O3S. The summed E-state index contributed by atoms with van der Waals surface area (Å²) in [6.07, 6.45) is 3.28. The normalized spacial score (nSPS) is 13.9. The molecule has 0 radical (unpaired) electrons. The van der Waals surface area contributed by atoms with Crippen LogP contribution in [0.25, 0.3) is 0 Å². The minimum absolute atomic E-state index is 0.0813. The van der Waals surface area contributed by atoms with Crippen LogP contribution in [-0.4, -0.2) is 20.9 Å². The number of para-hydroxylation sites is 1. The third-order valence-corrected chi connectivity index (χ3v) is 7.52. The number of rotatable bonds is 7. The maximum atomic E-state index is 13.3. The van der Waals surface area contributed by atoms with E-state index in [2.05, 4.69) is 17.4 Å². The number of benzene rings is 3. The van der Waals surface area contributed by atoms with Crippen LogP contribution in [0.15, 0.2) is 77.7 Å². The van der Waals surface area contributed by atoms with Gasteiger partial charge >= 0.3 is 0 Å². The Morgan fingerprint density at radius 2 is 1.69 bits per heavy atom. The summed E-state index contributed by atoms with van der Waals surface area (Å²) < 4.78 is 40.9. The van der Waals surface area contributed by atoms with E-state index in [9.17, 15) is 17.6 Å². The average Bonchev–Trinajstić information content (AvgIpc) is 3.26. The topological polar surface area (TPSA) is 66.5 Å². The van der Waals surface area contributed by atoms with Crippen molar-refractivity contribution in [3.8, 4) is 0 Å². The molecule has 4 rings (SSSR count). The van der Waals surface area contributed by atoms with Crippen molar-refractivity contribution >= 4 is 21.6 Å². The lowest BCUT2D eigenvalue weighted by molar-refractivity contribution is -0.120. The molecule has 0 aromatic heterocycles. The molecule has 5 nitrogen and oxygen atoms in total. The van der Waals surface area contributed by atoms with Crippen LogP contribution in [0.5, 0.6) is 0 Å². The van der Waals surface area contributed by atoms with Gasteiger partial charge in [0.15, 0.2) is 0 Å². The van der Waals surface area contributed by atoms with Crippen LogP contribution in [0.2, 0.25) is 0 Å². The molecule has 0 fully saturated rings. The summed E-state index contributed by atoms with van der Waals surface area (Å²) >= 11 is 0. The SMILES string of the molecule is C[C@H](NC(=O)CN(c1ccccc1)S(=O)(=O)c1ccc(F)cc1)c1ccc2c(c1)CCC2. The van der Waals surface area contributed by atoms with Crippen molar-refractivity contribution < 1.29 is 17.6 Å². The van der Waals surface area contributed by atoms with Gasteiger partial charge in [-0.3, -0.25) is 9.10 Å². The van der Waals surface area contributed by atoms with Crippen molar-refractivity contribution in [2.24, 2.45) is 0 Å². The number of aryl methyl sites for hydroxylation is 2. The largest absolute Gasteiger partial charge is 0.348 e. The molecule has 1 atom stereocenters. The monoisotopic (exact) mass is 452 g/mol. The van der Waals surface area contributed by atoms with Gasteiger partial charge in [-0.05, 0) is 79.3 Å². The zero-order valence-electron chi connectivity index (χ0n) is 17.8. The molecule has 1 aliphatic rings. The number of nitrogens with one attached hydrogen (secondary N) is 1. The first-order valence-electron chi connectivity index (χ1n) is 10.6. The van der Waals surface area contributed by atoms with Gasteiger partial charge in [0.2, 0.25) is 5.91 Å². The van der Waals surface area contributed by atoms with E-state index >= 15 is 0 Å². The fraction of sp³-hybridized carbons (Fsp3) is 0.240. The van der Waals surface area contributed by atoms with E-state index in [-0.39, 0.29) is 17.5 Å². The molecule has 32 heavy (non-hydrogen) atoms. The van der Waals surface area contributed by atoms with Gasteiger partial charge in [0, 0.05) is 0 Å². The lowest BCUT2D eigenvalue weighted by Crippen LogP contribution is -2.41. The quantitative estimate of drug-likeness (QED) is 0.578. The number of fused-ring (bicyclic) bond motifs is 1. The highest BCUT2D eigenvalue weighted by Crippen LogP contribution is 2.26. The van der Waals surface area contributed by atoms with Gasteiger partial charge in [0.1, 0.15) is 12.4 Å². The Labute approximate surface area is 187 Å². The predicted molar refractivity (Wildman–Crippen MR) is 122 cm³/mol. The molecule has 0 saturated carbocycles. The number of sulfonamides is 1. The molecule has 7 heteroatoms. The molecule has 0 heterocycles. The van der Waals surface area contributed by atoms with Crippen LogP contribution in [-0.2, 0) is 27.7 Å². The maximum Gasteiger partial charge on any atom is 0.264 e. The lowest BCUT2D eigenvalue weighted by Gasteiger charge is -2.25. The molecule has 166 valence electrons. The summed E-state index contributed by atoms with van der Waals surface area (Å²) in [5.41, 5.74) is 4.02. The Balaban J connectivity index is 1.56. The molecule has 0 saturated heterocycles. The fourth-order valence-electron chi connectivity index (χ4n) is 4.01. The maximum absolute atomic E-state index is 13.3. The van der Waals surface area contributed by atoms with Gasteiger partial charge in [-0.1, -0.05) is 36.4 Å². The van der Waals surface area contributed by atoms with Crippen molar-refractivity contribution in [2.45, 2.75) is 37.1 Å². The second-order valence-electron chi connectivity index (χ2n) is 7.97. The van der Waals surface area contributed by atoms with E-state index in [0.29, 0.717) is 5.69 Å². The smallest absolute Gasteiger partial charge is 0.264 e. The minimum Gasteiger partial charge on any atom is -0.348 e. The van der Waals surface area contributed by atoms with E-state index in [4.69, 9.17) is 0 Å². The predicted octanol–water partition coefficient (Wildman–Crippen LogP) is 4.39. The van der Waals surface area contributed by atoms with E-state index in [1.54, 1.807) is 30.3 Å². The highest BCUT2D eigenvalue weighted by molar-refractivity contribution is 7.92. The molecule has 0 unspecified atom stereocenters. The molecule has 0 bridgehead atoms. The highest BCUT2D eigenvalue weighted by atomic mass is 32.2. The summed E-state index contributed by atoms with van der Waals surface area (Å²) in [7, 11) is -4.07. The Hall–Kier alpha value is -3.19. The summed E-state index contributed by atoms with van der Waals surface area (Å²) in [6, 6.07) is 19.0. The van der Waals surface area contributed by atoms with E-state index in [0.717, 1.165) is 41.3 Å². The Morgan fingerprint density at radius 1 is 1.00 bits per heavy atom. The van der Waals surface area contributed by atoms with Gasteiger partial charge in [-0.25, -0.2) is 12.8 Å². The van der Waals surface area contributed by atoms with Crippen LogP contribution in [0, 0.1) is 5.82 Å². The number of carbonyl (C=O) groups is 1. The summed E-state index contributed by atoms with van der Waals surface area (Å²) in [4.78, 5) is 12.8. The van der Waals surface area contributed by atoms with Crippen LogP contribution in [0.3, 0.4) is 0 Å². The Morgan fingerprint density at radius 3 is 2.41 bits per heavy atom. The standard InChI is InChI=1S/C25H25FN2O3S/c1-18(20-11-10-19-6-5-7-21(19)16-20)27-25(29)17-28(23-8-3-2-4-9-23)32(30,31)24-14-12-22(26)13-15-24/h2-4,8-16,18H,5-7,17H2,1H3,(H,27,29)/t18-/m0/s1. The zero-order valence-corrected chi connectivity index (χ0v) is 18.6. The fourth-order valence-corrected chi connectivity index (χ4v) is 5.43. The van der Waals surface area contributed by atoms with Crippen LogP contribution in [0.1, 0.15) is 36.1 Å². The number of halogens is 1. The summed E-state index contributed by atoms with van der Waals surface area (Å²) in [5, 5.41) is 2.92. The third-order valence-electron chi connectivity index (χ3n) is 5.73. The van der Waals surface area contributed by atoms with Crippen molar-refractivity contribution in [3.63, 3.8) is 0 Å². The number of anilines is 1. The zero-order chi connectivity index (χ0) is 22.7. The van der Waals surface area contributed by atoms with Gasteiger partial charge in [0.05, 0.1) is 16.6 Å². The number of hydrogen-bond acceptors (Lipinski definition) is 3. The molecular weight excluding hydrogens is 427 g/mol. The van der Waals surface area contributed by atoms with E-state index < -0.39 is 21.7 Å². The van der Waals surface area contributed by atoms with Crippen molar-refractivity contribution in [1.29, 1.82) is 0 Å². The van der Waals surface area contributed by atoms with Gasteiger partial charge in [-0.15, -0.1) is 0 Å². The first-order chi connectivity index (χ1) is 15.3. The van der Waals surface area contributed by atoms with Crippen LogP contribution < -0.4 is 9.62 Å². The molecule has 3 aromatic rings. The van der Waals surface area contributed by atoms with E-state index in [1.807, 2.05) is 13.0 Å². The van der Waals surface area contributed by atoms with Gasteiger partial charge < -0.3 is 5.32 Å². The molecule has 0 spiro atoms. The number of nitrogens with zero attached hydrogens (tertiary/aromatic N) is 1. The molecule has 1 N–H and O–H groups in total.